The molecule has 0 saturated carbocycles. The largest absolute Gasteiger partial charge is 0.480 e. The van der Waals surface area contributed by atoms with Crippen molar-refractivity contribution in [3.05, 3.63) is 24.0 Å². The standard InChI is InChI=1S/C10H13N3O3/c1-7(10(15)16)12-9(14)4-3-8-5-6-11-13(8)2/h3-7H,1-2H3,(H,12,14)(H,15,16)/b4-3+. The van der Waals surface area contributed by atoms with E-state index in [2.05, 4.69) is 10.4 Å². The minimum Gasteiger partial charge on any atom is -0.480 e. The Bertz CT molecular complexity index is 423. The molecular weight excluding hydrogens is 210 g/mol. The average molecular weight is 223 g/mol. The van der Waals surface area contributed by atoms with Crippen LogP contribution in [0.25, 0.3) is 6.08 Å². The second-order valence-electron chi connectivity index (χ2n) is 3.28. The van der Waals surface area contributed by atoms with Crippen LogP contribution in [0.4, 0.5) is 0 Å². The predicted octanol–water partition coefficient (Wildman–Crippen LogP) is 0.0226. The van der Waals surface area contributed by atoms with Crippen molar-refractivity contribution in [2.75, 3.05) is 0 Å². The van der Waals surface area contributed by atoms with Crippen LogP contribution in [0.5, 0.6) is 0 Å². The number of amides is 1. The van der Waals surface area contributed by atoms with Gasteiger partial charge in [0, 0.05) is 19.3 Å². The molecule has 0 aliphatic heterocycles. The first-order chi connectivity index (χ1) is 7.50. The molecule has 1 aromatic heterocycles. The van der Waals surface area contributed by atoms with Gasteiger partial charge in [0.1, 0.15) is 6.04 Å². The minimum atomic E-state index is -1.07. The molecule has 1 unspecified atom stereocenters. The third-order valence-corrected chi connectivity index (χ3v) is 1.99. The Hall–Kier alpha value is -2.11. The van der Waals surface area contributed by atoms with Gasteiger partial charge in [-0.1, -0.05) is 0 Å². The van der Waals surface area contributed by atoms with Crippen LogP contribution in [0, 0.1) is 0 Å². The molecule has 0 aromatic carbocycles. The highest BCUT2D eigenvalue weighted by atomic mass is 16.4. The van der Waals surface area contributed by atoms with E-state index in [1.165, 1.54) is 13.0 Å². The third kappa shape index (κ3) is 3.23. The lowest BCUT2D eigenvalue weighted by atomic mass is 10.3. The molecular formula is C10H13N3O3. The predicted molar refractivity (Wildman–Crippen MR) is 57.5 cm³/mol. The van der Waals surface area contributed by atoms with Crippen LogP contribution in [0.15, 0.2) is 18.3 Å². The lowest BCUT2D eigenvalue weighted by Gasteiger charge is -2.05. The number of carbonyl (C=O) groups is 2. The molecule has 16 heavy (non-hydrogen) atoms. The number of hydrogen-bond donors (Lipinski definition) is 2. The number of nitrogens with one attached hydrogen (secondary N) is 1. The van der Waals surface area contributed by atoms with E-state index >= 15 is 0 Å². The van der Waals surface area contributed by atoms with Crippen LogP contribution in [0.3, 0.4) is 0 Å². The van der Waals surface area contributed by atoms with Gasteiger partial charge in [0.25, 0.3) is 0 Å². The Labute approximate surface area is 92.6 Å². The van der Waals surface area contributed by atoms with Crippen LogP contribution in [-0.2, 0) is 16.6 Å². The Morgan fingerprint density at radius 1 is 1.62 bits per heavy atom. The van der Waals surface area contributed by atoms with E-state index in [1.54, 1.807) is 30.1 Å². The molecule has 1 atom stereocenters. The van der Waals surface area contributed by atoms with Gasteiger partial charge >= 0.3 is 5.97 Å². The zero-order valence-corrected chi connectivity index (χ0v) is 9.04. The average Bonchev–Trinajstić information content (AvgIpc) is 2.61. The van der Waals surface area contributed by atoms with Gasteiger partial charge in [-0.3, -0.25) is 14.3 Å². The highest BCUT2D eigenvalue weighted by Gasteiger charge is 2.11. The molecule has 0 radical (unpaired) electrons. The van der Waals surface area contributed by atoms with Crippen molar-refractivity contribution in [2.24, 2.45) is 7.05 Å². The molecule has 1 heterocycles. The summed E-state index contributed by atoms with van der Waals surface area (Å²) in [5, 5.41) is 14.8. The molecule has 1 aromatic rings. The molecule has 0 saturated heterocycles. The van der Waals surface area contributed by atoms with Gasteiger partial charge in [-0.25, -0.2) is 0 Å². The van der Waals surface area contributed by atoms with Crippen LogP contribution >= 0.6 is 0 Å². The number of carbonyl (C=O) groups excluding carboxylic acids is 1. The number of nitrogens with zero attached hydrogens (tertiary/aromatic N) is 2. The van der Waals surface area contributed by atoms with Crippen LogP contribution in [0.2, 0.25) is 0 Å². The number of hydrogen-bond acceptors (Lipinski definition) is 3. The van der Waals surface area contributed by atoms with Crippen molar-refractivity contribution in [1.29, 1.82) is 0 Å². The second-order valence-corrected chi connectivity index (χ2v) is 3.28. The van der Waals surface area contributed by atoms with Crippen molar-refractivity contribution >= 4 is 18.0 Å². The van der Waals surface area contributed by atoms with E-state index in [4.69, 9.17) is 5.11 Å². The number of rotatable bonds is 4. The Morgan fingerprint density at radius 3 is 2.81 bits per heavy atom. The Morgan fingerprint density at radius 2 is 2.31 bits per heavy atom. The molecule has 6 nitrogen and oxygen atoms in total. The third-order valence-electron chi connectivity index (χ3n) is 1.99. The molecule has 86 valence electrons. The molecule has 0 spiro atoms. The zero-order chi connectivity index (χ0) is 12.1. The smallest absolute Gasteiger partial charge is 0.325 e. The quantitative estimate of drug-likeness (QED) is 0.705. The van der Waals surface area contributed by atoms with Crippen molar-refractivity contribution in [3.8, 4) is 0 Å². The highest BCUT2D eigenvalue weighted by molar-refractivity contribution is 5.94. The molecule has 6 heteroatoms. The van der Waals surface area contributed by atoms with E-state index in [1.807, 2.05) is 0 Å². The van der Waals surface area contributed by atoms with E-state index in [0.717, 1.165) is 5.69 Å². The summed E-state index contributed by atoms with van der Waals surface area (Å²) in [5.74, 6) is -1.52. The molecule has 2 N–H and O–H groups in total. The van der Waals surface area contributed by atoms with Crippen molar-refractivity contribution in [1.82, 2.24) is 15.1 Å². The number of carboxylic acids is 1. The number of carboxylic acid groups (broad SMARTS) is 1. The summed E-state index contributed by atoms with van der Waals surface area (Å²) in [6, 6.07) is 0.841. The summed E-state index contributed by atoms with van der Waals surface area (Å²) < 4.78 is 1.60. The SMILES string of the molecule is CC(NC(=O)/C=C/c1ccnn1C)C(=O)O. The molecule has 0 aliphatic carbocycles. The summed E-state index contributed by atoms with van der Waals surface area (Å²) in [5.41, 5.74) is 0.762. The summed E-state index contributed by atoms with van der Waals surface area (Å²) in [7, 11) is 1.75. The highest BCUT2D eigenvalue weighted by Crippen LogP contribution is 1.98. The summed E-state index contributed by atoms with van der Waals surface area (Å²) in [6.07, 6.45) is 4.45. The number of aromatic nitrogens is 2. The van der Waals surface area contributed by atoms with E-state index in [9.17, 15) is 9.59 Å². The van der Waals surface area contributed by atoms with E-state index in [-0.39, 0.29) is 0 Å². The van der Waals surface area contributed by atoms with E-state index < -0.39 is 17.9 Å². The van der Waals surface area contributed by atoms with Gasteiger partial charge in [-0.15, -0.1) is 0 Å². The fourth-order valence-corrected chi connectivity index (χ4v) is 1.03. The summed E-state index contributed by atoms with van der Waals surface area (Å²) >= 11 is 0. The van der Waals surface area contributed by atoms with Crippen molar-refractivity contribution < 1.29 is 14.7 Å². The molecule has 0 bridgehead atoms. The van der Waals surface area contributed by atoms with Gasteiger partial charge in [0.05, 0.1) is 5.69 Å². The maximum atomic E-state index is 11.3. The Kier molecular flexibility index (Phi) is 3.82. The minimum absolute atomic E-state index is 0.448. The van der Waals surface area contributed by atoms with Gasteiger partial charge in [-0.2, -0.15) is 5.10 Å². The second kappa shape index (κ2) is 5.11. The maximum Gasteiger partial charge on any atom is 0.325 e. The van der Waals surface area contributed by atoms with Gasteiger partial charge < -0.3 is 10.4 Å². The van der Waals surface area contributed by atoms with Crippen LogP contribution < -0.4 is 5.32 Å². The van der Waals surface area contributed by atoms with Crippen molar-refractivity contribution in [3.63, 3.8) is 0 Å². The first-order valence-electron chi connectivity index (χ1n) is 4.70. The lowest BCUT2D eigenvalue weighted by Crippen LogP contribution is -2.37. The summed E-state index contributed by atoms with van der Waals surface area (Å²) in [6.45, 7) is 1.40. The monoisotopic (exact) mass is 223 g/mol. The molecule has 1 rings (SSSR count). The van der Waals surface area contributed by atoms with Crippen LogP contribution in [-0.4, -0.2) is 32.8 Å². The first kappa shape index (κ1) is 12.0. The first-order valence-corrected chi connectivity index (χ1v) is 4.70. The van der Waals surface area contributed by atoms with Crippen LogP contribution in [0.1, 0.15) is 12.6 Å². The normalized spacial score (nSPS) is 12.6. The van der Waals surface area contributed by atoms with Gasteiger partial charge in [0.15, 0.2) is 0 Å². The van der Waals surface area contributed by atoms with Crippen molar-refractivity contribution in [2.45, 2.75) is 13.0 Å². The fourth-order valence-electron chi connectivity index (χ4n) is 1.03. The zero-order valence-electron chi connectivity index (χ0n) is 9.04. The Balaban J connectivity index is 2.55. The fraction of sp³-hybridized carbons (Fsp3) is 0.300. The topological polar surface area (TPSA) is 84.2 Å². The molecule has 0 aliphatic rings. The maximum absolute atomic E-state index is 11.3. The summed E-state index contributed by atoms with van der Waals surface area (Å²) in [4.78, 5) is 21.7. The number of aryl methyl sites for hydroxylation is 1. The number of aliphatic carboxylic acids is 1. The van der Waals surface area contributed by atoms with Gasteiger partial charge in [-0.05, 0) is 19.1 Å². The van der Waals surface area contributed by atoms with Gasteiger partial charge in [0.2, 0.25) is 5.91 Å². The molecule has 0 fully saturated rings. The molecule has 1 amide bonds. The van der Waals surface area contributed by atoms with E-state index in [0.29, 0.717) is 0 Å². The lowest BCUT2D eigenvalue weighted by molar-refractivity contribution is -0.140.